The van der Waals surface area contributed by atoms with Gasteiger partial charge in [0.1, 0.15) is 74.6 Å². The van der Waals surface area contributed by atoms with Crippen molar-refractivity contribution in [3.63, 3.8) is 0 Å². The van der Waals surface area contributed by atoms with Gasteiger partial charge in [0.15, 0.2) is 12.6 Å². The van der Waals surface area contributed by atoms with Crippen LogP contribution < -0.4 is 0 Å². The van der Waals surface area contributed by atoms with E-state index in [1.165, 1.54) is 0 Å². The van der Waals surface area contributed by atoms with Crippen molar-refractivity contribution < 1.29 is 133 Å². The molecule has 0 bridgehead atoms. The first-order valence-corrected chi connectivity index (χ1v) is 20.2. The van der Waals surface area contributed by atoms with E-state index in [1.54, 1.807) is 0 Å². The second kappa shape index (κ2) is 18.1. The predicted octanol–water partition coefficient (Wildman–Crippen LogP) is -4.37. The van der Waals surface area contributed by atoms with E-state index in [9.17, 15) is 87.1 Å². The topological polar surface area (TPSA) is 434 Å². The number of phosphoric acid groups is 5. The van der Waals surface area contributed by atoms with Crippen molar-refractivity contribution >= 4 is 51.7 Å². The summed E-state index contributed by atoms with van der Waals surface area (Å²) in [5.74, 6) is 0. The van der Waals surface area contributed by atoms with Crippen molar-refractivity contribution in [2.75, 3.05) is 26.4 Å². The molecule has 0 aromatic heterocycles. The number of aliphatic hydroxyl groups excluding tert-OH is 4. The lowest BCUT2D eigenvalue weighted by atomic mass is 9.99. The van der Waals surface area contributed by atoms with Crippen molar-refractivity contribution in [1.29, 1.82) is 0 Å². The standard InChI is InChI=1S/C16H31O28P5/c17-1-3-35-47(29,30)37-5-7-11(41-45(23,24)25)10(20)14(16(22)39-7)44-49(33,34)38-6-8-12(42-46(26,27)28)9(19)13(15(21)40-8)43-48(31,32)36-4-2-18/h1-2,7-16,19-22H,3-6H2,(H,29,30)(H,31,32)(H,33,34)(H2,23,24,25)(H2,26,27,28)/t7-,8-,9-,10-,11-,12-,13-,14-,15-,16-/m1/s1. The quantitative estimate of drug-likeness (QED) is 0.0408. The first-order valence-electron chi connectivity index (χ1n) is 12.6. The molecule has 0 aliphatic carbocycles. The highest BCUT2D eigenvalue weighted by molar-refractivity contribution is 7.48. The molecule has 0 amide bonds. The van der Waals surface area contributed by atoms with E-state index in [2.05, 4.69) is 36.2 Å². The summed E-state index contributed by atoms with van der Waals surface area (Å²) < 4.78 is 105. The van der Waals surface area contributed by atoms with Gasteiger partial charge in [0.25, 0.3) is 0 Å². The van der Waals surface area contributed by atoms with Crippen LogP contribution in [0.3, 0.4) is 0 Å². The van der Waals surface area contributed by atoms with Crippen LogP contribution >= 0.6 is 39.1 Å². The molecule has 28 nitrogen and oxygen atoms in total. The molecular formula is C16H31O28P5. The van der Waals surface area contributed by atoms with Gasteiger partial charge < -0.3 is 73.7 Å². The molecule has 0 saturated carbocycles. The second-order valence-corrected chi connectivity index (χ2v) is 15.9. The first kappa shape index (κ1) is 44.8. The first-order chi connectivity index (χ1) is 22.3. The molecule has 13 atom stereocenters. The maximum Gasteiger partial charge on any atom is 0.473 e. The van der Waals surface area contributed by atoms with E-state index in [-0.39, 0.29) is 12.6 Å². The van der Waals surface area contributed by atoms with Gasteiger partial charge in [-0.3, -0.25) is 36.2 Å². The number of hydrogen-bond acceptors (Lipinski definition) is 21. The Hall–Kier alpha value is -0.350. The minimum Gasteiger partial charge on any atom is -0.387 e. The maximum absolute atomic E-state index is 12.7. The number of ether oxygens (including phenoxy) is 2. The Bertz CT molecular complexity index is 1350. The minimum atomic E-state index is -5.71. The number of hydrogen-bond donors (Lipinski definition) is 11. The molecule has 49 heavy (non-hydrogen) atoms. The molecule has 2 aliphatic heterocycles. The van der Waals surface area contributed by atoms with Gasteiger partial charge in [-0.05, 0) is 0 Å². The molecule has 2 fully saturated rings. The molecule has 0 aromatic rings. The molecule has 0 aromatic carbocycles. The average molecular weight is 826 g/mol. The number of carbonyl (C=O) groups excluding carboxylic acids is 2. The smallest absolute Gasteiger partial charge is 0.387 e. The molecule has 11 N–H and O–H groups in total. The van der Waals surface area contributed by atoms with Gasteiger partial charge in [0.05, 0.1) is 13.2 Å². The summed E-state index contributed by atoms with van der Waals surface area (Å²) in [5.41, 5.74) is 0. The van der Waals surface area contributed by atoms with Crippen LogP contribution in [0.4, 0.5) is 0 Å². The van der Waals surface area contributed by atoms with Gasteiger partial charge in [-0.2, -0.15) is 0 Å². The fourth-order valence-electron chi connectivity index (χ4n) is 3.88. The number of phosphoric ester groups is 5. The number of aldehydes is 2. The molecule has 2 rings (SSSR count). The van der Waals surface area contributed by atoms with Gasteiger partial charge in [-0.1, -0.05) is 0 Å². The van der Waals surface area contributed by atoms with Crippen molar-refractivity contribution in [3.8, 4) is 0 Å². The summed E-state index contributed by atoms with van der Waals surface area (Å²) in [6.45, 7) is -4.64. The number of aliphatic hydroxyl groups is 4. The van der Waals surface area contributed by atoms with E-state index >= 15 is 0 Å². The van der Waals surface area contributed by atoms with E-state index in [0.717, 1.165) is 0 Å². The van der Waals surface area contributed by atoms with Crippen LogP contribution in [-0.2, 0) is 78.1 Å². The second-order valence-electron chi connectivity index (χ2n) is 9.29. The lowest BCUT2D eigenvalue weighted by Gasteiger charge is -2.43. The Labute approximate surface area is 272 Å². The monoisotopic (exact) mass is 826 g/mol. The minimum absolute atomic E-state index is 0.0122. The average Bonchev–Trinajstić information content (AvgIpc) is 2.95. The van der Waals surface area contributed by atoms with Crippen LogP contribution in [-0.4, -0.2) is 155 Å². The molecule has 2 aliphatic rings. The van der Waals surface area contributed by atoms with Crippen molar-refractivity contribution in [2.24, 2.45) is 0 Å². The van der Waals surface area contributed by atoms with E-state index in [0.29, 0.717) is 0 Å². The van der Waals surface area contributed by atoms with Crippen molar-refractivity contribution in [2.45, 2.75) is 61.4 Å². The van der Waals surface area contributed by atoms with Crippen LogP contribution in [0.2, 0.25) is 0 Å². The third kappa shape index (κ3) is 14.9. The molecule has 33 heteroatoms. The molecule has 0 spiro atoms. The summed E-state index contributed by atoms with van der Waals surface area (Å²) in [6, 6.07) is 0. The van der Waals surface area contributed by atoms with Crippen LogP contribution in [0.25, 0.3) is 0 Å². The van der Waals surface area contributed by atoms with E-state index in [4.69, 9.17) is 9.47 Å². The van der Waals surface area contributed by atoms with Gasteiger partial charge >= 0.3 is 39.1 Å². The zero-order valence-corrected chi connectivity index (χ0v) is 28.3. The predicted molar refractivity (Wildman–Crippen MR) is 143 cm³/mol. The SMILES string of the molecule is O=CCOP(=O)(O)OC[C@H]1O[C@@H](O)[C@H](OP(=O)(O)OC[C@H]2O[C@@H](O)[C@H](OP(=O)(O)OCC=O)[C@H](O)[C@@H]2OP(=O)(O)O)[C@H](O)[C@@H]1OP(=O)(O)O. The van der Waals surface area contributed by atoms with Crippen LogP contribution in [0.15, 0.2) is 0 Å². The van der Waals surface area contributed by atoms with Crippen molar-refractivity contribution in [1.82, 2.24) is 0 Å². The third-order valence-corrected chi connectivity index (χ3v) is 9.67. The van der Waals surface area contributed by atoms with Crippen LogP contribution in [0, 0.1) is 0 Å². The summed E-state index contributed by atoms with van der Waals surface area (Å²) in [6.07, 6.45) is -24.1. The number of rotatable bonds is 20. The summed E-state index contributed by atoms with van der Waals surface area (Å²) in [4.78, 5) is 87.1. The molecule has 3 unspecified atom stereocenters. The fourth-order valence-corrected chi connectivity index (χ4v) is 7.48. The molecule has 2 heterocycles. The van der Waals surface area contributed by atoms with E-state index in [1.807, 2.05) is 0 Å². The molecule has 0 radical (unpaired) electrons. The number of carbonyl (C=O) groups is 2. The van der Waals surface area contributed by atoms with Crippen molar-refractivity contribution in [3.05, 3.63) is 0 Å². The zero-order valence-electron chi connectivity index (χ0n) is 23.9. The Balaban J connectivity index is 2.22. The largest absolute Gasteiger partial charge is 0.473 e. The Morgan fingerprint density at radius 1 is 0.490 bits per heavy atom. The maximum atomic E-state index is 12.7. The third-order valence-electron chi connectivity index (χ3n) is 5.71. The van der Waals surface area contributed by atoms with Crippen LogP contribution in [0.1, 0.15) is 0 Å². The van der Waals surface area contributed by atoms with Gasteiger partial charge in [0.2, 0.25) is 0 Å². The fraction of sp³-hybridized carbons (Fsp3) is 0.875. The summed E-state index contributed by atoms with van der Waals surface area (Å²) >= 11 is 0. The van der Waals surface area contributed by atoms with Gasteiger partial charge in [-0.15, -0.1) is 0 Å². The summed E-state index contributed by atoms with van der Waals surface area (Å²) in [5, 5.41) is 41.7. The van der Waals surface area contributed by atoms with Gasteiger partial charge in [-0.25, -0.2) is 22.8 Å². The highest BCUT2D eigenvalue weighted by Gasteiger charge is 2.54. The summed E-state index contributed by atoms with van der Waals surface area (Å²) in [7, 11) is -27.2. The van der Waals surface area contributed by atoms with E-state index < -0.39 is 127 Å². The Morgan fingerprint density at radius 3 is 1.16 bits per heavy atom. The van der Waals surface area contributed by atoms with Crippen LogP contribution in [0.5, 0.6) is 0 Å². The lowest BCUT2D eigenvalue weighted by Crippen LogP contribution is -2.60. The van der Waals surface area contributed by atoms with Gasteiger partial charge in [0, 0.05) is 0 Å². The molecule has 288 valence electrons. The highest BCUT2D eigenvalue weighted by Crippen LogP contribution is 2.52. The normalized spacial score (nSPS) is 35.1. The Kier molecular flexibility index (Phi) is 16.6. The molecular weight excluding hydrogens is 795 g/mol. The highest BCUT2D eigenvalue weighted by atomic mass is 31.2. The Morgan fingerprint density at radius 2 is 0.816 bits per heavy atom. The lowest BCUT2D eigenvalue weighted by molar-refractivity contribution is -0.284. The zero-order chi connectivity index (χ0) is 37.6. The molecule has 2 saturated heterocycles.